The van der Waals surface area contributed by atoms with E-state index in [1.807, 2.05) is 0 Å². The minimum absolute atomic E-state index is 0.142. The predicted octanol–water partition coefficient (Wildman–Crippen LogP) is 7.35. The standard InChI is InChI=1S/C32H28ClNO6S2/c1-3-4-7-23-12-17-27(18-13-23)42(38,39)34(41(36,37)26-15-10-22(2)11-16-26)25-14-19-31-24(20-25)21-29(32(35)40-31)28-8-5-6-9-30(28)33/h5-6,8-21H,3-4,7H2,1-2H3. The molecule has 10 heteroatoms. The summed E-state index contributed by atoms with van der Waals surface area (Å²) in [7, 11) is -9.24. The topological polar surface area (TPSA) is 102 Å². The molecule has 0 unspecified atom stereocenters. The summed E-state index contributed by atoms with van der Waals surface area (Å²) < 4.78 is 62.3. The van der Waals surface area contributed by atoms with Crippen LogP contribution in [0.25, 0.3) is 22.1 Å². The summed E-state index contributed by atoms with van der Waals surface area (Å²) in [6.45, 7) is 3.87. The van der Waals surface area contributed by atoms with Crippen LogP contribution >= 0.6 is 11.6 Å². The largest absolute Gasteiger partial charge is 0.422 e. The van der Waals surface area contributed by atoms with Crippen LogP contribution in [0.4, 0.5) is 5.69 Å². The molecule has 0 spiro atoms. The Morgan fingerprint density at radius 3 is 2.00 bits per heavy atom. The Morgan fingerprint density at radius 1 is 0.762 bits per heavy atom. The molecule has 42 heavy (non-hydrogen) atoms. The SMILES string of the molecule is CCCCc1ccc(S(=O)(=O)N(c2ccc3oc(=O)c(-c4ccccc4Cl)cc3c2)S(=O)(=O)c2ccc(C)cc2)cc1. The fourth-order valence-corrected chi connectivity index (χ4v) is 8.52. The summed E-state index contributed by atoms with van der Waals surface area (Å²) in [6.07, 6.45) is 2.72. The van der Waals surface area contributed by atoms with Crippen LogP contribution in [0, 0.1) is 6.92 Å². The van der Waals surface area contributed by atoms with Gasteiger partial charge in [-0.25, -0.2) is 21.6 Å². The summed E-state index contributed by atoms with van der Waals surface area (Å²) in [5, 5.41) is 0.644. The molecule has 1 heterocycles. The fraction of sp³-hybridized carbons (Fsp3) is 0.156. The molecule has 0 fully saturated rings. The van der Waals surface area contributed by atoms with Gasteiger partial charge in [0.2, 0.25) is 0 Å². The smallest absolute Gasteiger partial charge is 0.344 e. The van der Waals surface area contributed by atoms with Crippen molar-refractivity contribution in [1.82, 2.24) is 0 Å². The molecule has 216 valence electrons. The van der Waals surface area contributed by atoms with Gasteiger partial charge in [-0.2, -0.15) is 3.71 Å². The monoisotopic (exact) mass is 621 g/mol. The molecule has 0 saturated carbocycles. The maximum absolute atomic E-state index is 14.1. The van der Waals surface area contributed by atoms with E-state index in [2.05, 4.69) is 6.92 Å². The number of hydrogen-bond acceptors (Lipinski definition) is 6. The molecule has 5 aromatic rings. The van der Waals surface area contributed by atoms with Gasteiger partial charge < -0.3 is 4.42 Å². The minimum atomic E-state index is -4.62. The van der Waals surface area contributed by atoms with Gasteiger partial charge in [-0.15, -0.1) is 0 Å². The van der Waals surface area contributed by atoms with Gasteiger partial charge in [-0.05, 0) is 79.9 Å². The Kier molecular flexibility index (Phi) is 8.28. The molecule has 0 aliphatic carbocycles. The van der Waals surface area contributed by atoms with Crippen molar-refractivity contribution in [1.29, 1.82) is 0 Å². The van der Waals surface area contributed by atoms with Gasteiger partial charge in [0.05, 0.1) is 21.0 Å². The normalized spacial score (nSPS) is 12.0. The molecule has 0 bridgehead atoms. The first-order valence-electron chi connectivity index (χ1n) is 13.3. The second kappa shape index (κ2) is 11.8. The van der Waals surface area contributed by atoms with Crippen LogP contribution in [-0.2, 0) is 26.5 Å². The van der Waals surface area contributed by atoms with E-state index in [0.29, 0.717) is 19.7 Å². The number of halogens is 1. The maximum Gasteiger partial charge on any atom is 0.344 e. The molecule has 0 radical (unpaired) electrons. The molecule has 1 aromatic heterocycles. The van der Waals surface area contributed by atoms with Gasteiger partial charge in [0.1, 0.15) is 5.58 Å². The van der Waals surface area contributed by atoms with Gasteiger partial charge >= 0.3 is 5.63 Å². The zero-order valence-corrected chi connectivity index (χ0v) is 25.3. The van der Waals surface area contributed by atoms with Crippen LogP contribution in [0.5, 0.6) is 0 Å². The quantitative estimate of drug-likeness (QED) is 0.160. The molecule has 0 atom stereocenters. The number of fused-ring (bicyclic) bond motifs is 1. The van der Waals surface area contributed by atoms with Crippen molar-refractivity contribution in [2.24, 2.45) is 0 Å². The van der Waals surface area contributed by atoms with E-state index in [9.17, 15) is 21.6 Å². The molecular formula is C32H28ClNO6S2. The third-order valence-corrected chi connectivity index (χ3v) is 11.4. The number of aryl methyl sites for hydroxylation is 2. The van der Waals surface area contributed by atoms with Crippen molar-refractivity contribution in [3.63, 3.8) is 0 Å². The number of nitrogens with zero attached hydrogens (tertiary/aromatic N) is 1. The fourth-order valence-electron chi connectivity index (χ4n) is 4.61. The van der Waals surface area contributed by atoms with Crippen LogP contribution in [0.15, 0.2) is 116 Å². The van der Waals surface area contributed by atoms with E-state index >= 15 is 0 Å². The first kappa shape index (κ1) is 29.6. The van der Waals surface area contributed by atoms with Crippen molar-refractivity contribution in [3.8, 4) is 11.1 Å². The lowest BCUT2D eigenvalue weighted by molar-refractivity contribution is 0.563. The Bertz CT molecular complexity index is 2040. The van der Waals surface area contributed by atoms with E-state index in [-0.39, 0.29) is 26.6 Å². The van der Waals surface area contributed by atoms with Gasteiger partial charge in [0, 0.05) is 16.0 Å². The van der Waals surface area contributed by atoms with Crippen molar-refractivity contribution < 1.29 is 21.3 Å². The maximum atomic E-state index is 14.1. The van der Waals surface area contributed by atoms with Crippen LogP contribution in [0.3, 0.4) is 0 Å². The highest BCUT2D eigenvalue weighted by Gasteiger charge is 2.37. The molecular weight excluding hydrogens is 594 g/mol. The summed E-state index contributed by atoms with van der Waals surface area (Å²) in [5.74, 6) is 0. The second-order valence-corrected chi connectivity index (χ2v) is 14.1. The van der Waals surface area contributed by atoms with Gasteiger partial charge in [-0.1, -0.05) is 73.0 Å². The van der Waals surface area contributed by atoms with E-state index in [1.54, 1.807) is 55.5 Å². The summed E-state index contributed by atoms with van der Waals surface area (Å²) in [6, 6.07) is 24.5. The third-order valence-electron chi connectivity index (χ3n) is 6.89. The molecule has 7 nitrogen and oxygen atoms in total. The van der Waals surface area contributed by atoms with Crippen molar-refractivity contribution >= 4 is 48.3 Å². The number of unbranched alkanes of at least 4 members (excludes halogenated alkanes) is 1. The van der Waals surface area contributed by atoms with Gasteiger partial charge in [-0.3, -0.25) is 0 Å². The molecule has 0 N–H and O–H groups in total. The number of benzene rings is 4. The zero-order valence-electron chi connectivity index (χ0n) is 23.0. The third kappa shape index (κ3) is 5.72. The molecule has 4 aromatic carbocycles. The van der Waals surface area contributed by atoms with Crippen LogP contribution in [0.1, 0.15) is 30.9 Å². The first-order valence-corrected chi connectivity index (χ1v) is 16.6. The molecule has 0 aliphatic heterocycles. The highest BCUT2D eigenvalue weighted by atomic mass is 35.5. The van der Waals surface area contributed by atoms with Crippen LogP contribution < -0.4 is 9.34 Å². The molecule has 0 amide bonds. The molecule has 0 saturated heterocycles. The van der Waals surface area contributed by atoms with Gasteiger partial charge in [0.15, 0.2) is 0 Å². The van der Waals surface area contributed by atoms with E-state index < -0.39 is 25.7 Å². The van der Waals surface area contributed by atoms with Crippen molar-refractivity contribution in [2.45, 2.75) is 42.9 Å². The summed E-state index contributed by atoms with van der Waals surface area (Å²) in [4.78, 5) is 12.4. The summed E-state index contributed by atoms with van der Waals surface area (Å²) >= 11 is 6.32. The Labute approximate surface area is 250 Å². The van der Waals surface area contributed by atoms with Gasteiger partial charge in [0.25, 0.3) is 20.0 Å². The average Bonchev–Trinajstić information content (AvgIpc) is 2.96. The lowest BCUT2D eigenvalue weighted by Gasteiger charge is -2.24. The van der Waals surface area contributed by atoms with E-state index in [0.717, 1.165) is 30.4 Å². The highest BCUT2D eigenvalue weighted by Crippen LogP contribution is 2.34. The Morgan fingerprint density at radius 2 is 1.38 bits per heavy atom. The van der Waals surface area contributed by atoms with Crippen molar-refractivity contribution in [3.05, 3.63) is 124 Å². The minimum Gasteiger partial charge on any atom is -0.422 e. The summed E-state index contributed by atoms with van der Waals surface area (Å²) in [5.41, 5.74) is 1.74. The lowest BCUT2D eigenvalue weighted by Crippen LogP contribution is -2.37. The number of rotatable bonds is 9. The molecule has 0 aliphatic rings. The number of anilines is 1. The Balaban J connectivity index is 1.70. The van der Waals surface area contributed by atoms with E-state index in [1.165, 1.54) is 48.5 Å². The number of hydrogen-bond donors (Lipinski definition) is 0. The van der Waals surface area contributed by atoms with Crippen LogP contribution in [0.2, 0.25) is 5.02 Å². The zero-order chi connectivity index (χ0) is 30.1. The highest BCUT2D eigenvalue weighted by molar-refractivity contribution is 8.10. The predicted molar refractivity (Wildman–Crippen MR) is 166 cm³/mol. The van der Waals surface area contributed by atoms with E-state index in [4.69, 9.17) is 16.0 Å². The van der Waals surface area contributed by atoms with Crippen LogP contribution in [-0.4, -0.2) is 16.8 Å². The second-order valence-electron chi connectivity index (χ2n) is 9.92. The molecule has 5 rings (SSSR count). The average molecular weight is 622 g/mol. The van der Waals surface area contributed by atoms with Crippen molar-refractivity contribution in [2.75, 3.05) is 3.71 Å². The Hall–Kier alpha value is -3.92. The lowest BCUT2D eigenvalue weighted by atomic mass is 10.1. The number of sulfonamides is 2. The first-order chi connectivity index (χ1) is 20.0.